The molecular weight excluding hydrogens is 554 g/mol. The summed E-state index contributed by atoms with van der Waals surface area (Å²) in [5.74, 6) is 0.0114. The molecule has 44 heavy (non-hydrogen) atoms. The van der Waals surface area contributed by atoms with E-state index in [0.717, 1.165) is 72.9 Å². The molecule has 4 aromatic rings. The molecule has 228 valence electrons. The van der Waals surface area contributed by atoms with Crippen molar-refractivity contribution in [1.82, 2.24) is 25.2 Å². The molecular formula is C35H39N5O4. The van der Waals surface area contributed by atoms with Crippen LogP contribution in [0.1, 0.15) is 55.0 Å². The number of H-pyrrole nitrogens is 2. The number of hydrogen-bond donors (Lipinski definition) is 3. The SMILES string of the molecule is COC(=O)NC(C(=O)N1CCCC1c1[nH]c(-c2ccc(-c3ccc(-c4cnc[nH]4)cc3)cc2)c2c1CCC2)C1CCOCC1. The zero-order valence-corrected chi connectivity index (χ0v) is 25.1. The zero-order valence-electron chi connectivity index (χ0n) is 25.1. The average Bonchev–Trinajstić information content (AvgIpc) is 3.89. The molecule has 2 aliphatic heterocycles. The first-order valence-corrected chi connectivity index (χ1v) is 15.8. The van der Waals surface area contributed by atoms with E-state index in [2.05, 4.69) is 68.8 Å². The molecule has 0 bridgehead atoms. The predicted octanol–water partition coefficient (Wildman–Crippen LogP) is 6.04. The maximum Gasteiger partial charge on any atom is 0.407 e. The van der Waals surface area contributed by atoms with Crippen molar-refractivity contribution < 1.29 is 19.1 Å². The lowest BCUT2D eigenvalue weighted by molar-refractivity contribution is -0.136. The zero-order chi connectivity index (χ0) is 30.0. The Balaban J connectivity index is 1.14. The summed E-state index contributed by atoms with van der Waals surface area (Å²) in [7, 11) is 1.34. The minimum absolute atomic E-state index is 0.0180. The lowest BCUT2D eigenvalue weighted by atomic mass is 9.90. The van der Waals surface area contributed by atoms with Crippen LogP contribution in [-0.2, 0) is 27.1 Å². The number of aromatic amines is 2. The summed E-state index contributed by atoms with van der Waals surface area (Å²) in [6.07, 6.45) is 9.46. The van der Waals surface area contributed by atoms with E-state index in [1.807, 2.05) is 11.1 Å². The van der Waals surface area contributed by atoms with Gasteiger partial charge in [0, 0.05) is 31.1 Å². The van der Waals surface area contributed by atoms with E-state index in [1.165, 1.54) is 29.6 Å². The molecule has 2 fully saturated rings. The summed E-state index contributed by atoms with van der Waals surface area (Å²) in [4.78, 5) is 39.5. The van der Waals surface area contributed by atoms with Crippen LogP contribution >= 0.6 is 0 Å². The number of benzene rings is 2. The fraction of sp³-hybridized carbons (Fsp3) is 0.400. The maximum atomic E-state index is 14.1. The standard InChI is InChI=1S/C35H39N5O4/c1-43-35(42)39-32(26-15-18-44-19-16-26)34(41)40-17-3-6-30(40)33-28-5-2-4-27(28)31(38-33)25-13-9-23(10-14-25)22-7-11-24(12-8-22)29-20-36-21-37-29/h7-14,20-21,26,30,32,38H,2-6,15-19H2,1H3,(H,36,37)(H,39,42). The van der Waals surface area contributed by atoms with Crippen LogP contribution in [0.15, 0.2) is 61.1 Å². The number of carbonyl (C=O) groups is 2. The Morgan fingerprint density at radius 1 is 0.932 bits per heavy atom. The number of nitrogens with zero attached hydrogens (tertiary/aromatic N) is 2. The van der Waals surface area contributed by atoms with E-state index in [4.69, 9.17) is 9.47 Å². The first-order chi connectivity index (χ1) is 21.6. The number of carbonyl (C=O) groups excluding carboxylic acids is 2. The van der Waals surface area contributed by atoms with Gasteiger partial charge in [0.2, 0.25) is 5.91 Å². The maximum absolute atomic E-state index is 14.1. The van der Waals surface area contributed by atoms with E-state index in [9.17, 15) is 9.59 Å². The third-order valence-corrected chi connectivity index (χ3v) is 9.64. The molecule has 3 aliphatic rings. The fourth-order valence-corrected chi connectivity index (χ4v) is 7.34. The quantitative estimate of drug-likeness (QED) is 0.242. The van der Waals surface area contributed by atoms with Gasteiger partial charge >= 0.3 is 6.09 Å². The molecule has 0 spiro atoms. The van der Waals surface area contributed by atoms with Crippen molar-refractivity contribution in [2.24, 2.45) is 5.92 Å². The van der Waals surface area contributed by atoms with Gasteiger partial charge in [-0.15, -0.1) is 0 Å². The molecule has 4 heterocycles. The van der Waals surface area contributed by atoms with Crippen LogP contribution in [-0.4, -0.2) is 64.8 Å². The van der Waals surface area contributed by atoms with Gasteiger partial charge in [-0.1, -0.05) is 48.5 Å². The van der Waals surface area contributed by atoms with Crippen LogP contribution < -0.4 is 5.32 Å². The highest BCUT2D eigenvalue weighted by Gasteiger charge is 2.41. The third-order valence-electron chi connectivity index (χ3n) is 9.64. The number of hydrogen-bond acceptors (Lipinski definition) is 5. The lowest BCUT2D eigenvalue weighted by Gasteiger charge is -2.34. The van der Waals surface area contributed by atoms with Crippen molar-refractivity contribution in [2.75, 3.05) is 26.9 Å². The van der Waals surface area contributed by atoms with Gasteiger partial charge in [0.15, 0.2) is 0 Å². The summed E-state index contributed by atoms with van der Waals surface area (Å²) in [6, 6.07) is 16.6. The van der Waals surface area contributed by atoms with E-state index < -0.39 is 12.1 Å². The Morgan fingerprint density at radius 2 is 1.61 bits per heavy atom. The molecule has 2 aromatic heterocycles. The smallest absolute Gasteiger partial charge is 0.407 e. The van der Waals surface area contributed by atoms with Gasteiger partial charge in [-0.3, -0.25) is 4.79 Å². The topological polar surface area (TPSA) is 112 Å². The first-order valence-electron chi connectivity index (χ1n) is 15.8. The highest BCUT2D eigenvalue weighted by atomic mass is 16.5. The number of fused-ring (bicyclic) bond motifs is 1. The Labute approximate surface area is 257 Å². The summed E-state index contributed by atoms with van der Waals surface area (Å²) >= 11 is 0. The molecule has 2 atom stereocenters. The third kappa shape index (κ3) is 5.41. The molecule has 0 radical (unpaired) electrons. The van der Waals surface area contributed by atoms with Crippen LogP contribution in [0.25, 0.3) is 33.6 Å². The lowest BCUT2D eigenvalue weighted by Crippen LogP contribution is -2.53. The summed E-state index contributed by atoms with van der Waals surface area (Å²) < 4.78 is 10.4. The van der Waals surface area contributed by atoms with Crippen LogP contribution in [0.5, 0.6) is 0 Å². The normalized spacial score (nSPS) is 19.1. The Morgan fingerprint density at radius 3 is 2.30 bits per heavy atom. The molecule has 3 N–H and O–H groups in total. The summed E-state index contributed by atoms with van der Waals surface area (Å²) in [5.41, 5.74) is 10.7. The van der Waals surface area contributed by atoms with Gasteiger partial charge in [0.25, 0.3) is 0 Å². The molecule has 2 amide bonds. The summed E-state index contributed by atoms with van der Waals surface area (Å²) in [6.45, 7) is 1.88. The van der Waals surface area contributed by atoms with Gasteiger partial charge in [-0.05, 0) is 84.2 Å². The molecule has 2 saturated heterocycles. The highest BCUT2D eigenvalue weighted by Crippen LogP contribution is 2.42. The second kappa shape index (κ2) is 12.3. The number of aromatic nitrogens is 3. The Bertz CT molecular complexity index is 1600. The largest absolute Gasteiger partial charge is 0.453 e. The molecule has 2 aromatic carbocycles. The molecule has 7 rings (SSSR count). The minimum Gasteiger partial charge on any atom is -0.453 e. The van der Waals surface area contributed by atoms with Crippen molar-refractivity contribution >= 4 is 12.0 Å². The van der Waals surface area contributed by atoms with Gasteiger partial charge in [0.1, 0.15) is 6.04 Å². The molecule has 1 aliphatic carbocycles. The van der Waals surface area contributed by atoms with Crippen LogP contribution in [0, 0.1) is 5.92 Å². The molecule has 0 saturated carbocycles. The van der Waals surface area contributed by atoms with E-state index in [0.29, 0.717) is 19.8 Å². The molecule has 2 unspecified atom stereocenters. The van der Waals surface area contributed by atoms with Crippen molar-refractivity contribution in [1.29, 1.82) is 0 Å². The van der Waals surface area contributed by atoms with Gasteiger partial charge in [-0.25, -0.2) is 9.78 Å². The molecule has 9 nitrogen and oxygen atoms in total. The second-order valence-electron chi connectivity index (χ2n) is 12.1. The number of nitrogens with one attached hydrogen (secondary N) is 3. The average molecular weight is 594 g/mol. The van der Waals surface area contributed by atoms with E-state index >= 15 is 0 Å². The van der Waals surface area contributed by atoms with Crippen LogP contribution in [0.2, 0.25) is 0 Å². The Kier molecular flexibility index (Phi) is 7.95. The van der Waals surface area contributed by atoms with Gasteiger partial charge in [0.05, 0.1) is 31.4 Å². The van der Waals surface area contributed by atoms with Gasteiger partial charge < -0.3 is 29.7 Å². The van der Waals surface area contributed by atoms with Gasteiger partial charge in [-0.2, -0.15) is 0 Å². The first kappa shape index (κ1) is 28.4. The number of methoxy groups -OCH3 is 1. The van der Waals surface area contributed by atoms with Crippen molar-refractivity contribution in [3.05, 3.63) is 77.9 Å². The van der Waals surface area contributed by atoms with Crippen LogP contribution in [0.3, 0.4) is 0 Å². The summed E-state index contributed by atoms with van der Waals surface area (Å²) in [5, 5.41) is 2.87. The highest BCUT2D eigenvalue weighted by molar-refractivity contribution is 5.87. The van der Waals surface area contributed by atoms with E-state index in [1.54, 1.807) is 6.33 Å². The monoisotopic (exact) mass is 593 g/mol. The van der Waals surface area contributed by atoms with Crippen molar-refractivity contribution in [3.63, 3.8) is 0 Å². The number of alkyl carbamates (subject to hydrolysis) is 1. The predicted molar refractivity (Wildman–Crippen MR) is 168 cm³/mol. The number of rotatable bonds is 7. The number of imidazole rings is 1. The Hall–Kier alpha value is -4.37. The fourth-order valence-electron chi connectivity index (χ4n) is 7.34. The molecule has 9 heteroatoms. The number of amides is 2. The van der Waals surface area contributed by atoms with Crippen LogP contribution in [0.4, 0.5) is 4.79 Å². The second-order valence-corrected chi connectivity index (χ2v) is 12.1. The van der Waals surface area contributed by atoms with Crippen molar-refractivity contribution in [3.8, 4) is 33.6 Å². The minimum atomic E-state index is -0.615. The van der Waals surface area contributed by atoms with E-state index in [-0.39, 0.29) is 17.9 Å². The number of ether oxygens (including phenoxy) is 2. The van der Waals surface area contributed by atoms with Crippen molar-refractivity contribution in [2.45, 2.75) is 57.0 Å². The number of likely N-dealkylation sites (tertiary alicyclic amines) is 1.